The van der Waals surface area contributed by atoms with Crippen molar-refractivity contribution in [3.8, 4) is 0 Å². The minimum Gasteiger partial charge on any atom is -0.461 e. The maximum Gasteiger partial charge on any atom is 0.354 e. The summed E-state index contributed by atoms with van der Waals surface area (Å²) in [6.07, 6.45) is 1.36. The predicted octanol–water partition coefficient (Wildman–Crippen LogP) is 2.40. The highest BCUT2D eigenvalue weighted by Gasteiger charge is 2.11. The molecule has 102 valence electrons. The fourth-order valence-corrected chi connectivity index (χ4v) is 1.44. The van der Waals surface area contributed by atoms with Crippen molar-refractivity contribution in [2.75, 3.05) is 6.61 Å². The molecule has 0 atom stereocenters. The SMILES string of the molecule is CCOC(=O)/C(=C/C(C)=N)NCc1ccccc1F. The Hall–Kier alpha value is -2.17. The van der Waals surface area contributed by atoms with E-state index in [1.165, 1.54) is 12.1 Å². The summed E-state index contributed by atoms with van der Waals surface area (Å²) in [5.41, 5.74) is 0.807. The number of ether oxygens (including phenoxy) is 1. The highest BCUT2D eigenvalue weighted by atomic mass is 19.1. The zero-order valence-electron chi connectivity index (χ0n) is 11.0. The van der Waals surface area contributed by atoms with Crippen LogP contribution in [0, 0.1) is 11.2 Å². The Balaban J connectivity index is 2.77. The van der Waals surface area contributed by atoms with Crippen LogP contribution in [0.2, 0.25) is 0 Å². The molecule has 0 spiro atoms. The fourth-order valence-electron chi connectivity index (χ4n) is 1.44. The van der Waals surface area contributed by atoms with Crippen LogP contribution in [0.1, 0.15) is 19.4 Å². The van der Waals surface area contributed by atoms with Gasteiger partial charge in [0.2, 0.25) is 0 Å². The first-order valence-electron chi connectivity index (χ1n) is 5.95. The van der Waals surface area contributed by atoms with Crippen LogP contribution in [-0.2, 0) is 16.1 Å². The fraction of sp³-hybridized carbons (Fsp3) is 0.286. The van der Waals surface area contributed by atoms with Crippen molar-refractivity contribution in [2.45, 2.75) is 20.4 Å². The van der Waals surface area contributed by atoms with Gasteiger partial charge in [0.15, 0.2) is 0 Å². The van der Waals surface area contributed by atoms with Crippen molar-refractivity contribution in [2.24, 2.45) is 0 Å². The van der Waals surface area contributed by atoms with E-state index in [1.54, 1.807) is 32.0 Å². The van der Waals surface area contributed by atoms with Crippen LogP contribution in [0.25, 0.3) is 0 Å². The Labute approximate surface area is 111 Å². The molecule has 4 nitrogen and oxygen atoms in total. The van der Waals surface area contributed by atoms with Crippen molar-refractivity contribution in [1.29, 1.82) is 5.41 Å². The van der Waals surface area contributed by atoms with Crippen LogP contribution in [0.5, 0.6) is 0 Å². The van der Waals surface area contributed by atoms with E-state index in [1.807, 2.05) is 0 Å². The normalized spacial score (nSPS) is 11.0. The molecule has 2 N–H and O–H groups in total. The molecule has 0 aromatic heterocycles. The standard InChI is InChI=1S/C14H17FN2O2/c1-3-19-14(18)13(8-10(2)16)17-9-11-6-4-5-7-12(11)15/h4-8,16-17H,3,9H2,1-2H3/b13-8-,16-10?. The van der Waals surface area contributed by atoms with E-state index in [2.05, 4.69) is 5.32 Å². The number of hydrogen-bond donors (Lipinski definition) is 2. The van der Waals surface area contributed by atoms with E-state index >= 15 is 0 Å². The second-order valence-electron chi connectivity index (χ2n) is 3.91. The number of halogens is 1. The van der Waals surface area contributed by atoms with Gasteiger partial charge < -0.3 is 15.5 Å². The first kappa shape index (κ1) is 14.9. The van der Waals surface area contributed by atoms with Gasteiger partial charge in [-0.2, -0.15) is 0 Å². The Morgan fingerprint density at radius 1 is 1.47 bits per heavy atom. The summed E-state index contributed by atoms with van der Waals surface area (Å²) < 4.78 is 18.3. The number of allylic oxidation sites excluding steroid dienone is 1. The summed E-state index contributed by atoms with van der Waals surface area (Å²) in [6.45, 7) is 3.65. The van der Waals surface area contributed by atoms with E-state index in [4.69, 9.17) is 10.1 Å². The average molecular weight is 264 g/mol. The highest BCUT2D eigenvalue weighted by Crippen LogP contribution is 2.07. The molecular weight excluding hydrogens is 247 g/mol. The lowest BCUT2D eigenvalue weighted by atomic mass is 10.2. The maximum atomic E-state index is 13.4. The molecule has 0 amide bonds. The van der Waals surface area contributed by atoms with E-state index in [0.29, 0.717) is 5.56 Å². The molecule has 0 heterocycles. The van der Waals surface area contributed by atoms with Gasteiger partial charge in [0.1, 0.15) is 11.5 Å². The van der Waals surface area contributed by atoms with Crippen LogP contribution in [-0.4, -0.2) is 18.3 Å². The number of carbonyl (C=O) groups excluding carboxylic acids is 1. The van der Waals surface area contributed by atoms with Crippen molar-refractivity contribution < 1.29 is 13.9 Å². The van der Waals surface area contributed by atoms with Crippen molar-refractivity contribution >= 4 is 11.7 Å². The van der Waals surface area contributed by atoms with Gasteiger partial charge in [-0.05, 0) is 26.0 Å². The lowest BCUT2D eigenvalue weighted by Gasteiger charge is -2.10. The van der Waals surface area contributed by atoms with Crippen molar-refractivity contribution in [3.63, 3.8) is 0 Å². The number of benzene rings is 1. The second-order valence-corrected chi connectivity index (χ2v) is 3.91. The van der Waals surface area contributed by atoms with Gasteiger partial charge in [-0.1, -0.05) is 18.2 Å². The van der Waals surface area contributed by atoms with E-state index in [0.717, 1.165) is 0 Å². The van der Waals surface area contributed by atoms with Gasteiger partial charge in [-0.15, -0.1) is 0 Å². The van der Waals surface area contributed by atoms with Crippen LogP contribution in [0.15, 0.2) is 36.0 Å². The lowest BCUT2D eigenvalue weighted by molar-refractivity contribution is -0.138. The number of nitrogens with one attached hydrogen (secondary N) is 2. The number of carbonyl (C=O) groups is 1. The van der Waals surface area contributed by atoms with Gasteiger partial charge in [-0.25, -0.2) is 9.18 Å². The molecule has 0 unspecified atom stereocenters. The van der Waals surface area contributed by atoms with Gasteiger partial charge >= 0.3 is 5.97 Å². The molecule has 5 heteroatoms. The van der Waals surface area contributed by atoms with Crippen LogP contribution in [0.4, 0.5) is 4.39 Å². The summed E-state index contributed by atoms with van der Waals surface area (Å²) in [7, 11) is 0. The topological polar surface area (TPSA) is 62.2 Å². The molecule has 0 radical (unpaired) electrons. The highest BCUT2D eigenvalue weighted by molar-refractivity contribution is 5.99. The Kier molecular flexibility index (Phi) is 5.73. The number of hydrogen-bond acceptors (Lipinski definition) is 4. The summed E-state index contributed by atoms with van der Waals surface area (Å²) in [5.74, 6) is -0.893. The van der Waals surface area contributed by atoms with Gasteiger partial charge in [0.05, 0.1) is 6.61 Å². The maximum absolute atomic E-state index is 13.4. The van der Waals surface area contributed by atoms with Crippen molar-refractivity contribution in [1.82, 2.24) is 5.32 Å². The molecule has 0 aliphatic heterocycles. The van der Waals surface area contributed by atoms with Gasteiger partial charge in [0, 0.05) is 17.8 Å². The molecule has 1 rings (SSSR count). The zero-order valence-corrected chi connectivity index (χ0v) is 11.0. The monoisotopic (exact) mass is 264 g/mol. The van der Waals surface area contributed by atoms with Crippen molar-refractivity contribution in [3.05, 3.63) is 47.4 Å². The van der Waals surface area contributed by atoms with E-state index in [9.17, 15) is 9.18 Å². The van der Waals surface area contributed by atoms with Crippen LogP contribution >= 0.6 is 0 Å². The molecular formula is C14H17FN2O2. The number of esters is 1. The molecule has 0 saturated heterocycles. The first-order valence-corrected chi connectivity index (χ1v) is 5.95. The van der Waals surface area contributed by atoms with E-state index in [-0.39, 0.29) is 30.4 Å². The minimum absolute atomic E-state index is 0.151. The molecule has 0 aliphatic carbocycles. The Morgan fingerprint density at radius 3 is 2.74 bits per heavy atom. The zero-order chi connectivity index (χ0) is 14.3. The second kappa shape index (κ2) is 7.31. The number of rotatable bonds is 6. The average Bonchev–Trinajstić information content (AvgIpc) is 2.36. The molecule has 19 heavy (non-hydrogen) atoms. The summed E-state index contributed by atoms with van der Waals surface area (Å²) >= 11 is 0. The van der Waals surface area contributed by atoms with Gasteiger partial charge in [-0.3, -0.25) is 0 Å². The van der Waals surface area contributed by atoms with Crippen LogP contribution < -0.4 is 5.32 Å². The van der Waals surface area contributed by atoms with Gasteiger partial charge in [0.25, 0.3) is 0 Å². The third kappa shape index (κ3) is 4.91. The lowest BCUT2D eigenvalue weighted by Crippen LogP contribution is -2.23. The third-order valence-corrected chi connectivity index (χ3v) is 2.28. The summed E-state index contributed by atoms with van der Waals surface area (Å²) in [5, 5.41) is 10.2. The van der Waals surface area contributed by atoms with E-state index < -0.39 is 5.97 Å². The molecule has 0 fully saturated rings. The molecule has 0 aliphatic rings. The summed E-state index contributed by atoms with van der Waals surface area (Å²) in [4.78, 5) is 11.6. The smallest absolute Gasteiger partial charge is 0.354 e. The molecule has 0 saturated carbocycles. The first-order chi connectivity index (χ1) is 9.04. The molecule has 0 bridgehead atoms. The Morgan fingerprint density at radius 2 is 2.16 bits per heavy atom. The third-order valence-electron chi connectivity index (χ3n) is 2.28. The molecule has 1 aromatic rings. The predicted molar refractivity (Wildman–Crippen MR) is 71.4 cm³/mol. The summed E-state index contributed by atoms with van der Waals surface area (Å²) in [6, 6.07) is 6.30. The minimum atomic E-state index is -0.551. The molecule has 1 aromatic carbocycles. The quantitative estimate of drug-likeness (QED) is 0.471. The largest absolute Gasteiger partial charge is 0.461 e. The Bertz CT molecular complexity index is 498. The van der Waals surface area contributed by atoms with Crippen LogP contribution in [0.3, 0.4) is 0 Å².